The number of hydrogen-bond donors (Lipinski definition) is 0. The lowest BCUT2D eigenvalue weighted by Gasteiger charge is -2.43. The van der Waals surface area contributed by atoms with Crippen LogP contribution in [-0.2, 0) is 0 Å². The molecule has 2 aliphatic carbocycles. The molecule has 41 heavy (non-hydrogen) atoms. The average Bonchev–Trinajstić information content (AvgIpc) is 3.41. The van der Waals surface area contributed by atoms with Crippen LogP contribution in [0.2, 0.25) is 0 Å². The second kappa shape index (κ2) is 13.9. The van der Waals surface area contributed by atoms with E-state index < -0.39 is 10.0 Å². The first-order valence-corrected chi connectivity index (χ1v) is 16.1. The molecule has 0 bridgehead atoms. The Morgan fingerprint density at radius 3 is 2.61 bits per heavy atom. The fourth-order valence-corrected chi connectivity index (χ4v) is 9.47. The van der Waals surface area contributed by atoms with E-state index in [4.69, 9.17) is 0 Å². The topological polar surface area (TPSA) is 25.2 Å². The van der Waals surface area contributed by atoms with E-state index >= 15 is 0 Å². The van der Waals surface area contributed by atoms with E-state index in [-0.39, 0.29) is 0 Å². The number of hydrogen-bond acceptors (Lipinski definition) is 2. The number of nitrogens with zero attached hydrogens (tertiary/aromatic N) is 2. The summed E-state index contributed by atoms with van der Waals surface area (Å²) >= 11 is 0. The Labute approximate surface area is 247 Å². The molecule has 1 atom stereocenters. The molecule has 0 aliphatic heterocycles. The zero-order valence-electron chi connectivity index (χ0n) is 24.0. The molecular weight excluding hydrogens is 516 g/mol. The van der Waals surface area contributed by atoms with E-state index in [0.29, 0.717) is 0 Å². The van der Waals surface area contributed by atoms with Gasteiger partial charge in [0.05, 0.1) is 0 Å². The molecule has 206 valence electrons. The minimum Gasteiger partial charge on any atom is -0.269 e. The van der Waals surface area contributed by atoms with Crippen LogP contribution >= 0.6 is 10.0 Å². The van der Waals surface area contributed by atoms with Crippen LogP contribution in [0.3, 0.4) is 0 Å². The van der Waals surface area contributed by atoms with Gasteiger partial charge in [0.1, 0.15) is 0 Å². The Morgan fingerprint density at radius 2 is 1.80 bits per heavy atom. The quantitative estimate of drug-likeness (QED) is 0.191. The van der Waals surface area contributed by atoms with Crippen molar-refractivity contribution in [3.63, 3.8) is 0 Å². The molecule has 5 rings (SSSR count). The van der Waals surface area contributed by atoms with Crippen molar-refractivity contribution in [2.75, 3.05) is 0 Å². The van der Waals surface area contributed by atoms with Gasteiger partial charge in [-0.2, -0.15) is 0 Å². The van der Waals surface area contributed by atoms with Crippen molar-refractivity contribution in [1.82, 2.24) is 4.98 Å². The summed E-state index contributed by atoms with van der Waals surface area (Å²) in [7, 11) is -1.78. The van der Waals surface area contributed by atoms with E-state index in [1.165, 1.54) is 30.7 Å². The monoisotopic (exact) mass is 554 g/mol. The predicted molar refractivity (Wildman–Crippen MR) is 177 cm³/mol. The van der Waals surface area contributed by atoms with Crippen molar-refractivity contribution in [1.29, 1.82) is 0 Å². The Hall–Kier alpha value is -4.17. The van der Waals surface area contributed by atoms with E-state index in [9.17, 15) is 0 Å². The molecule has 0 N–H and O–H groups in total. The number of aliphatic imine (C=N–C) groups is 1. The number of aromatic nitrogens is 1. The number of pyridine rings is 1. The zero-order valence-corrected chi connectivity index (χ0v) is 24.9. The van der Waals surface area contributed by atoms with E-state index in [1.54, 1.807) is 0 Å². The Morgan fingerprint density at radius 1 is 0.927 bits per heavy atom. The van der Waals surface area contributed by atoms with Gasteiger partial charge in [-0.3, -0.25) is 9.98 Å². The Kier molecular flexibility index (Phi) is 9.65. The molecule has 0 amide bonds. The second-order valence-electron chi connectivity index (χ2n) is 10.3. The summed E-state index contributed by atoms with van der Waals surface area (Å²) in [5, 5.41) is 0. The lowest BCUT2D eigenvalue weighted by molar-refractivity contribution is 0.825. The maximum atomic E-state index is 4.47. The number of benzene rings is 2. The smallest absolute Gasteiger partial charge is 0.0442 e. The van der Waals surface area contributed by atoms with Gasteiger partial charge in [-0.05, 0) is 91.6 Å². The molecule has 0 radical (unpaired) electrons. The lowest BCUT2D eigenvalue weighted by Crippen LogP contribution is -2.08. The van der Waals surface area contributed by atoms with Gasteiger partial charge in [0.2, 0.25) is 0 Å². The molecule has 0 spiro atoms. The summed E-state index contributed by atoms with van der Waals surface area (Å²) < 4.78 is 0. The van der Waals surface area contributed by atoms with Crippen LogP contribution in [0.4, 0.5) is 0 Å². The molecular formula is C38H38N2S. The second-order valence-corrected chi connectivity index (χ2v) is 13.4. The van der Waals surface area contributed by atoms with E-state index in [2.05, 4.69) is 133 Å². The molecule has 2 aromatic carbocycles. The highest BCUT2D eigenvalue weighted by atomic mass is 32.3. The summed E-state index contributed by atoms with van der Waals surface area (Å²) in [6.45, 7) is 4.32. The van der Waals surface area contributed by atoms with Crippen LogP contribution in [0.5, 0.6) is 0 Å². The molecule has 3 aromatic rings. The van der Waals surface area contributed by atoms with Gasteiger partial charge >= 0.3 is 0 Å². The van der Waals surface area contributed by atoms with Gasteiger partial charge in [-0.15, -0.1) is 15.8 Å². The van der Waals surface area contributed by atoms with Crippen LogP contribution in [-0.4, -0.2) is 11.2 Å². The van der Waals surface area contributed by atoms with Crippen LogP contribution in [0.25, 0.3) is 5.57 Å². The highest BCUT2D eigenvalue weighted by Gasteiger charge is 2.36. The van der Waals surface area contributed by atoms with Gasteiger partial charge < -0.3 is 0 Å². The molecule has 1 heterocycles. The number of rotatable bonds is 9. The maximum absolute atomic E-state index is 4.47. The summed E-state index contributed by atoms with van der Waals surface area (Å²) in [5.74, 6) is 0. The first kappa shape index (κ1) is 28.4. The minimum atomic E-state index is -1.78. The highest BCUT2D eigenvalue weighted by molar-refractivity contribution is 8.40. The summed E-state index contributed by atoms with van der Waals surface area (Å²) in [4.78, 5) is 14.2. The molecule has 1 aromatic heterocycles. The molecule has 0 saturated carbocycles. The Bertz CT molecular complexity index is 1600. The zero-order chi connectivity index (χ0) is 28.3. The van der Waals surface area contributed by atoms with Crippen molar-refractivity contribution in [3.8, 4) is 0 Å². The van der Waals surface area contributed by atoms with Gasteiger partial charge in [-0.25, -0.2) is 0 Å². The van der Waals surface area contributed by atoms with Crippen LogP contribution < -0.4 is 0 Å². The van der Waals surface area contributed by atoms with Crippen molar-refractivity contribution in [2.45, 2.75) is 55.7 Å². The average molecular weight is 555 g/mol. The van der Waals surface area contributed by atoms with Crippen LogP contribution in [0, 0.1) is 6.92 Å². The molecule has 0 saturated heterocycles. The van der Waals surface area contributed by atoms with Crippen LogP contribution in [0.15, 0.2) is 164 Å². The van der Waals surface area contributed by atoms with Crippen molar-refractivity contribution in [3.05, 3.63) is 160 Å². The van der Waals surface area contributed by atoms with E-state index in [0.717, 1.165) is 43.2 Å². The van der Waals surface area contributed by atoms with Gasteiger partial charge in [0.15, 0.2) is 0 Å². The third-order valence-corrected chi connectivity index (χ3v) is 11.4. The lowest BCUT2D eigenvalue weighted by atomic mass is 10.1. The number of aryl methyl sites for hydroxylation is 1. The first-order valence-electron chi connectivity index (χ1n) is 14.5. The predicted octanol–water partition coefficient (Wildman–Crippen LogP) is 10.7. The Balaban J connectivity index is 1.67. The summed E-state index contributed by atoms with van der Waals surface area (Å²) in [6, 6.07) is 24.3. The first-order chi connectivity index (χ1) is 20.2. The van der Waals surface area contributed by atoms with Crippen molar-refractivity contribution in [2.24, 2.45) is 4.99 Å². The fraction of sp³-hybridized carbons (Fsp3) is 0.184. The molecule has 1 unspecified atom stereocenters. The summed E-state index contributed by atoms with van der Waals surface area (Å²) in [6.07, 6.45) is 28.5. The standard InChI is InChI=1S/C38H38N2S/c1-3-4-26-39-28-25-32-13-9-18-36(23-21-32)41(35-16-6-5-7-17-35,38-20-8-12-31(2)29-38)37-19-10-14-33(22-24-37)34-15-11-27-40-30-34/h4-8,10-12,14-17,20-24,26-30H,3,9,13,18,25H2,1-2H3/b26-4-,39-28?. The highest BCUT2D eigenvalue weighted by Crippen LogP contribution is 2.74. The molecule has 3 heteroatoms. The van der Waals surface area contributed by atoms with Crippen molar-refractivity contribution < 1.29 is 0 Å². The normalized spacial score (nSPS) is 17.7. The van der Waals surface area contributed by atoms with Crippen molar-refractivity contribution >= 4 is 21.8 Å². The molecule has 0 fully saturated rings. The third-order valence-electron chi connectivity index (χ3n) is 7.37. The SMILES string of the molecule is CC/C=C\N=CCC1=CC=C(S(C2=C=CC=C(c3cccnc3)C=C2)(c2ccccc2)c2cccc(C)c2)CCC1. The minimum absolute atomic E-state index is 0.886. The fourth-order valence-electron chi connectivity index (χ4n) is 5.35. The van der Waals surface area contributed by atoms with Gasteiger partial charge in [-0.1, -0.05) is 78.8 Å². The maximum Gasteiger partial charge on any atom is 0.0442 e. The molecule has 2 aliphatic rings. The van der Waals surface area contributed by atoms with Crippen LogP contribution in [0.1, 0.15) is 50.2 Å². The van der Waals surface area contributed by atoms with Gasteiger partial charge in [0.25, 0.3) is 0 Å². The number of allylic oxidation sites excluding steroid dienone is 9. The largest absolute Gasteiger partial charge is 0.269 e. The molecule has 2 nitrogen and oxygen atoms in total. The van der Waals surface area contributed by atoms with E-state index in [1.807, 2.05) is 30.9 Å². The third kappa shape index (κ3) is 6.60. The van der Waals surface area contributed by atoms with Gasteiger partial charge in [0, 0.05) is 51.5 Å². The summed E-state index contributed by atoms with van der Waals surface area (Å²) in [5.41, 5.74) is 8.72.